The van der Waals surface area contributed by atoms with Crippen molar-refractivity contribution in [1.29, 1.82) is 0 Å². The predicted octanol–water partition coefficient (Wildman–Crippen LogP) is 9.13. The molecule has 176 valence electrons. The van der Waals surface area contributed by atoms with Crippen LogP contribution in [0.2, 0.25) is 0 Å². The third kappa shape index (κ3) is 5.97. The van der Waals surface area contributed by atoms with E-state index < -0.39 is 0 Å². The van der Waals surface area contributed by atoms with Gasteiger partial charge in [-0.25, -0.2) is 0 Å². The average molecular weight is 485 g/mol. The Labute approximate surface area is 217 Å². The third-order valence-electron chi connectivity index (χ3n) is 6.16. The van der Waals surface area contributed by atoms with Crippen LogP contribution in [-0.2, 0) is 16.6 Å². The van der Waals surface area contributed by atoms with Crippen LogP contribution in [0.25, 0.3) is 12.2 Å². The second kappa shape index (κ2) is 11.6. The fraction of sp³-hybridized carbons (Fsp3) is 0.0588. The lowest BCUT2D eigenvalue weighted by Gasteiger charge is -2.25. The number of benzene rings is 5. The normalized spacial score (nSPS) is 11.9. The minimum Gasteiger partial charge on any atom is -0.311 e. The number of para-hydroxylation sites is 2. The zero-order chi connectivity index (χ0) is 24.6. The molecule has 0 radical (unpaired) electrons. The summed E-state index contributed by atoms with van der Waals surface area (Å²) in [5, 5.41) is 0. The maximum atomic E-state index is 2.33. The fourth-order valence-corrected chi connectivity index (χ4v) is 5.71. The summed E-state index contributed by atoms with van der Waals surface area (Å²) >= 11 is 0. The van der Waals surface area contributed by atoms with Gasteiger partial charge in [0.05, 0.1) is 0 Å². The van der Waals surface area contributed by atoms with Crippen LogP contribution >= 0.6 is 0 Å². The predicted molar refractivity (Wildman–Crippen MR) is 158 cm³/mol. The first kappa shape index (κ1) is 23.7. The van der Waals surface area contributed by atoms with E-state index in [1.165, 1.54) is 21.6 Å². The van der Waals surface area contributed by atoms with E-state index >= 15 is 0 Å². The van der Waals surface area contributed by atoms with E-state index in [2.05, 4.69) is 163 Å². The summed E-state index contributed by atoms with van der Waals surface area (Å²) in [5.74, 6) is 1.09. The van der Waals surface area contributed by atoms with E-state index in [1.807, 2.05) is 0 Å². The van der Waals surface area contributed by atoms with E-state index in [0.717, 1.165) is 22.8 Å². The molecule has 0 bridgehead atoms. The van der Waals surface area contributed by atoms with Crippen LogP contribution in [0.1, 0.15) is 16.7 Å². The number of nitrogens with zero attached hydrogens (tertiary/aromatic N) is 1. The molecule has 0 amide bonds. The van der Waals surface area contributed by atoms with Gasteiger partial charge in [-0.3, -0.25) is 0 Å². The van der Waals surface area contributed by atoms with Gasteiger partial charge >= 0.3 is 0 Å². The molecule has 5 aromatic rings. The first-order chi connectivity index (χ1) is 17.8. The van der Waals surface area contributed by atoms with Crippen LogP contribution in [-0.4, -0.2) is 6.26 Å². The Morgan fingerprint density at radius 1 is 0.500 bits per heavy atom. The Hall–Kier alpha value is -4.01. The number of anilines is 3. The first-order valence-corrected chi connectivity index (χ1v) is 14.0. The largest absolute Gasteiger partial charge is 0.311 e. The molecule has 0 aromatic heterocycles. The van der Waals surface area contributed by atoms with Gasteiger partial charge in [-0.05, 0) is 59.7 Å². The highest BCUT2D eigenvalue weighted by Crippen LogP contribution is 2.34. The quantitative estimate of drug-likeness (QED) is 0.157. The molecule has 0 saturated heterocycles. The SMILES string of the molecule is C[S+](Cc1ccccc1)c1ccc(/C=C/c2ccc(N(c3ccccc3)c3ccccc3)cc2)cc1. The van der Waals surface area contributed by atoms with Crippen LogP contribution in [0.15, 0.2) is 144 Å². The maximum Gasteiger partial charge on any atom is 0.155 e. The van der Waals surface area contributed by atoms with Crippen LogP contribution in [0.3, 0.4) is 0 Å². The molecule has 0 aliphatic carbocycles. The van der Waals surface area contributed by atoms with Crippen molar-refractivity contribution in [2.24, 2.45) is 0 Å². The maximum absolute atomic E-state index is 2.33. The van der Waals surface area contributed by atoms with Gasteiger partial charge in [-0.15, -0.1) is 0 Å². The highest BCUT2D eigenvalue weighted by Gasteiger charge is 2.15. The third-order valence-corrected chi connectivity index (χ3v) is 8.00. The summed E-state index contributed by atoms with van der Waals surface area (Å²) in [7, 11) is 0.200. The molecule has 0 saturated carbocycles. The van der Waals surface area contributed by atoms with Gasteiger partial charge in [0.15, 0.2) is 4.90 Å². The molecule has 5 aromatic carbocycles. The lowest BCUT2D eigenvalue weighted by molar-refractivity contribution is 1.28. The lowest BCUT2D eigenvalue weighted by atomic mass is 10.1. The molecule has 1 nitrogen and oxygen atoms in total. The highest BCUT2D eigenvalue weighted by molar-refractivity contribution is 7.95. The molecule has 2 heteroatoms. The topological polar surface area (TPSA) is 3.24 Å². The molecule has 36 heavy (non-hydrogen) atoms. The summed E-state index contributed by atoms with van der Waals surface area (Å²) < 4.78 is 0. The van der Waals surface area contributed by atoms with Crippen molar-refractivity contribution in [2.75, 3.05) is 11.2 Å². The molecule has 1 unspecified atom stereocenters. The lowest BCUT2D eigenvalue weighted by Crippen LogP contribution is -2.09. The number of rotatable bonds is 8. The molecule has 0 N–H and O–H groups in total. The molecule has 0 fully saturated rings. The van der Waals surface area contributed by atoms with E-state index in [1.54, 1.807) is 0 Å². The van der Waals surface area contributed by atoms with Gasteiger partial charge in [-0.2, -0.15) is 0 Å². The van der Waals surface area contributed by atoms with Crippen molar-refractivity contribution in [2.45, 2.75) is 10.6 Å². The van der Waals surface area contributed by atoms with Crippen molar-refractivity contribution in [3.05, 3.63) is 156 Å². The van der Waals surface area contributed by atoms with Gasteiger partial charge in [-0.1, -0.05) is 103 Å². The Kier molecular flexibility index (Phi) is 7.65. The summed E-state index contributed by atoms with van der Waals surface area (Å²) in [6.45, 7) is 0. The van der Waals surface area contributed by atoms with Gasteiger partial charge < -0.3 is 4.90 Å². The highest BCUT2D eigenvalue weighted by atomic mass is 32.2. The van der Waals surface area contributed by atoms with E-state index in [-0.39, 0.29) is 10.9 Å². The Morgan fingerprint density at radius 3 is 1.42 bits per heavy atom. The smallest absolute Gasteiger partial charge is 0.155 e. The fourth-order valence-electron chi connectivity index (χ4n) is 4.25. The van der Waals surface area contributed by atoms with Gasteiger partial charge in [0, 0.05) is 33.5 Å². The Bertz CT molecular complexity index is 1340. The summed E-state index contributed by atoms with van der Waals surface area (Å²) in [4.78, 5) is 3.69. The molecular weight excluding hydrogens is 454 g/mol. The molecule has 1 atom stereocenters. The Balaban J connectivity index is 1.29. The zero-order valence-electron chi connectivity index (χ0n) is 20.5. The van der Waals surface area contributed by atoms with Crippen LogP contribution in [0.5, 0.6) is 0 Å². The standard InChI is InChI=1S/C34H30NS/c1-36(27-30-11-5-2-6-12-30)34-25-21-29(22-26-34)18-17-28-19-23-33(24-20-28)35(31-13-7-3-8-14-31)32-15-9-4-10-16-32/h2-26H,27H2,1H3/q+1/b18-17+. The summed E-state index contributed by atoms with van der Waals surface area (Å²) in [5.41, 5.74) is 7.23. The Morgan fingerprint density at radius 2 is 0.917 bits per heavy atom. The van der Waals surface area contributed by atoms with Gasteiger partial charge in [0.1, 0.15) is 12.0 Å². The van der Waals surface area contributed by atoms with Crippen molar-refractivity contribution in [3.63, 3.8) is 0 Å². The summed E-state index contributed by atoms with van der Waals surface area (Å²) in [6.07, 6.45) is 6.70. The molecule has 0 heterocycles. The molecular formula is C34H30NS+. The molecule has 5 rings (SSSR count). The monoisotopic (exact) mass is 484 g/mol. The number of hydrogen-bond acceptors (Lipinski definition) is 1. The van der Waals surface area contributed by atoms with E-state index in [4.69, 9.17) is 0 Å². The van der Waals surface area contributed by atoms with Crippen molar-refractivity contribution in [3.8, 4) is 0 Å². The summed E-state index contributed by atoms with van der Waals surface area (Å²) in [6, 6.07) is 49.5. The molecule has 0 aliphatic heterocycles. The van der Waals surface area contributed by atoms with E-state index in [9.17, 15) is 0 Å². The van der Waals surface area contributed by atoms with Crippen molar-refractivity contribution >= 4 is 40.1 Å². The minimum atomic E-state index is 0.200. The minimum absolute atomic E-state index is 0.200. The molecule has 0 aliphatic rings. The van der Waals surface area contributed by atoms with E-state index in [0.29, 0.717) is 0 Å². The van der Waals surface area contributed by atoms with Crippen molar-refractivity contribution < 1.29 is 0 Å². The zero-order valence-corrected chi connectivity index (χ0v) is 21.3. The van der Waals surface area contributed by atoms with Crippen molar-refractivity contribution in [1.82, 2.24) is 0 Å². The van der Waals surface area contributed by atoms with Gasteiger partial charge in [0.2, 0.25) is 0 Å². The second-order valence-electron chi connectivity index (χ2n) is 8.77. The van der Waals surface area contributed by atoms with Crippen LogP contribution < -0.4 is 4.90 Å². The number of hydrogen-bond donors (Lipinski definition) is 0. The van der Waals surface area contributed by atoms with Gasteiger partial charge in [0.25, 0.3) is 0 Å². The molecule has 0 spiro atoms. The average Bonchev–Trinajstić information content (AvgIpc) is 2.95. The van der Waals surface area contributed by atoms with Crippen LogP contribution in [0, 0.1) is 0 Å². The first-order valence-electron chi connectivity index (χ1n) is 12.2. The van der Waals surface area contributed by atoms with Crippen LogP contribution in [0.4, 0.5) is 17.1 Å². The second-order valence-corrected chi connectivity index (χ2v) is 10.8.